The molecule has 284 valence electrons. The fourth-order valence-electron chi connectivity index (χ4n) is 10.3. The molecule has 0 bridgehead atoms. The van der Waals surface area contributed by atoms with Crippen molar-refractivity contribution < 1.29 is 4.74 Å². The Balaban J connectivity index is 1.10. The third kappa shape index (κ3) is 4.87. The summed E-state index contributed by atoms with van der Waals surface area (Å²) in [4.78, 5) is 10.3. The van der Waals surface area contributed by atoms with Gasteiger partial charge in [0, 0.05) is 44.3 Å². The summed E-state index contributed by atoms with van der Waals surface area (Å²) in [5.41, 5.74) is 14.8. The molecule has 0 fully saturated rings. The average molecular weight is 778 g/mol. The Morgan fingerprint density at radius 3 is 1.79 bits per heavy atom. The van der Waals surface area contributed by atoms with Crippen molar-refractivity contribution in [3.05, 3.63) is 235 Å². The maximum absolute atomic E-state index is 7.03. The largest absolute Gasteiger partial charge is 0.457 e. The highest BCUT2D eigenvalue weighted by Gasteiger charge is 2.51. The summed E-state index contributed by atoms with van der Waals surface area (Å²) < 4.78 is 9.47. The Hall–Kier alpha value is -8.08. The minimum Gasteiger partial charge on any atom is -0.457 e. The van der Waals surface area contributed by atoms with Crippen LogP contribution in [0.4, 0.5) is 0 Å². The lowest BCUT2D eigenvalue weighted by Gasteiger charge is -2.39. The van der Waals surface area contributed by atoms with E-state index in [0.717, 1.165) is 72.8 Å². The summed E-state index contributed by atoms with van der Waals surface area (Å²) in [7, 11) is 0. The van der Waals surface area contributed by atoms with Crippen molar-refractivity contribution in [2.75, 3.05) is 0 Å². The molecule has 0 amide bonds. The van der Waals surface area contributed by atoms with Gasteiger partial charge in [-0.25, -0.2) is 9.97 Å². The van der Waals surface area contributed by atoms with Gasteiger partial charge in [0.05, 0.1) is 27.8 Å². The van der Waals surface area contributed by atoms with Gasteiger partial charge in [0.1, 0.15) is 11.5 Å². The Labute approximate surface area is 352 Å². The third-order valence-electron chi connectivity index (χ3n) is 12.9. The first-order valence-electron chi connectivity index (χ1n) is 20.8. The lowest BCUT2D eigenvalue weighted by atomic mass is 9.66. The predicted octanol–water partition coefficient (Wildman–Crippen LogP) is 14.2. The van der Waals surface area contributed by atoms with Gasteiger partial charge >= 0.3 is 0 Å². The number of benzene rings is 9. The number of aromatic nitrogens is 3. The van der Waals surface area contributed by atoms with E-state index in [0.29, 0.717) is 5.82 Å². The number of para-hydroxylation sites is 1. The predicted molar refractivity (Wildman–Crippen MR) is 248 cm³/mol. The molecule has 3 heterocycles. The molecule has 1 spiro atoms. The molecule has 2 aliphatic rings. The summed E-state index contributed by atoms with van der Waals surface area (Å²) >= 11 is 0. The van der Waals surface area contributed by atoms with Crippen LogP contribution in [0.25, 0.3) is 83.3 Å². The van der Waals surface area contributed by atoms with E-state index in [1.54, 1.807) is 0 Å². The number of ether oxygens (including phenoxy) is 1. The monoisotopic (exact) mass is 777 g/mol. The molecule has 4 nitrogen and oxygen atoms in total. The number of nitrogens with zero attached hydrogens (tertiary/aromatic N) is 3. The fraction of sp³-hybridized carbons (Fsp3) is 0.0175. The van der Waals surface area contributed by atoms with Gasteiger partial charge in [-0.15, -0.1) is 0 Å². The van der Waals surface area contributed by atoms with Crippen LogP contribution in [0.1, 0.15) is 22.3 Å². The van der Waals surface area contributed by atoms with E-state index in [-0.39, 0.29) is 0 Å². The second-order valence-corrected chi connectivity index (χ2v) is 16.1. The molecule has 11 aromatic rings. The van der Waals surface area contributed by atoms with Gasteiger partial charge < -0.3 is 9.30 Å². The maximum Gasteiger partial charge on any atom is 0.160 e. The molecule has 2 aromatic heterocycles. The highest BCUT2D eigenvalue weighted by Crippen LogP contribution is 2.62. The molecule has 1 aliphatic carbocycles. The topological polar surface area (TPSA) is 39.9 Å². The molecule has 1 aliphatic heterocycles. The zero-order chi connectivity index (χ0) is 40.1. The van der Waals surface area contributed by atoms with Crippen molar-refractivity contribution in [2.45, 2.75) is 5.41 Å². The van der Waals surface area contributed by atoms with E-state index in [9.17, 15) is 0 Å². The van der Waals surface area contributed by atoms with Crippen LogP contribution in [0.15, 0.2) is 212 Å². The number of hydrogen-bond donors (Lipinski definition) is 0. The molecule has 9 aromatic carbocycles. The molecule has 0 radical (unpaired) electrons. The quantitative estimate of drug-likeness (QED) is 0.179. The van der Waals surface area contributed by atoms with E-state index < -0.39 is 5.41 Å². The zero-order valence-electron chi connectivity index (χ0n) is 33.0. The molecule has 0 saturated heterocycles. The molecule has 0 N–H and O–H groups in total. The van der Waals surface area contributed by atoms with Crippen molar-refractivity contribution in [1.82, 2.24) is 14.5 Å². The number of fused-ring (bicyclic) bond motifs is 14. The van der Waals surface area contributed by atoms with Gasteiger partial charge in [0.25, 0.3) is 0 Å². The smallest absolute Gasteiger partial charge is 0.160 e. The van der Waals surface area contributed by atoms with Crippen LogP contribution in [0, 0.1) is 0 Å². The first kappa shape index (κ1) is 33.8. The van der Waals surface area contributed by atoms with E-state index in [1.807, 2.05) is 24.3 Å². The second-order valence-electron chi connectivity index (χ2n) is 16.1. The maximum atomic E-state index is 7.03. The molecule has 0 atom stereocenters. The minimum absolute atomic E-state index is 0.584. The van der Waals surface area contributed by atoms with E-state index >= 15 is 0 Å². The standard InChI is InChI=1S/C57H35N3O/c1-3-17-37(18-4-1)49-35-50(59-56(58-49)38-19-5-2-6-20-38)39-21-15-22-40(32-39)60-51-31-30-36-16-7-8-23-41(36)55(51)44-33-54-48(34-52(44)60)57(47-28-13-14-29-53(47)61-54)45-26-11-9-24-42(45)43-25-10-12-27-46(43)57/h1-35H. The molecule has 13 rings (SSSR count). The van der Waals surface area contributed by atoms with Crippen LogP contribution in [-0.2, 0) is 5.41 Å². The first-order chi connectivity index (χ1) is 30.2. The van der Waals surface area contributed by atoms with Crippen LogP contribution in [0.2, 0.25) is 0 Å². The molecule has 4 heteroatoms. The van der Waals surface area contributed by atoms with Gasteiger partial charge in [0.2, 0.25) is 0 Å². The van der Waals surface area contributed by atoms with Crippen LogP contribution < -0.4 is 4.74 Å². The Morgan fingerprint density at radius 1 is 0.393 bits per heavy atom. The van der Waals surface area contributed by atoms with E-state index in [1.165, 1.54) is 38.4 Å². The highest BCUT2D eigenvalue weighted by molar-refractivity contribution is 6.22. The Kier molecular flexibility index (Phi) is 7.19. The van der Waals surface area contributed by atoms with E-state index in [4.69, 9.17) is 14.7 Å². The lowest BCUT2D eigenvalue weighted by Crippen LogP contribution is -2.32. The summed E-state index contributed by atoms with van der Waals surface area (Å²) in [6, 6.07) is 75.9. The summed E-state index contributed by atoms with van der Waals surface area (Å²) in [5, 5.41) is 4.75. The van der Waals surface area contributed by atoms with Crippen LogP contribution in [0.5, 0.6) is 11.5 Å². The van der Waals surface area contributed by atoms with Crippen molar-refractivity contribution in [3.63, 3.8) is 0 Å². The number of rotatable bonds is 4. The average Bonchev–Trinajstić information content (AvgIpc) is 3.82. The van der Waals surface area contributed by atoms with Gasteiger partial charge in [-0.1, -0.05) is 170 Å². The summed E-state index contributed by atoms with van der Waals surface area (Å²) in [5.74, 6) is 2.46. The molecular formula is C57H35N3O. The SMILES string of the molecule is c1ccc(-c2cc(-c3cccc(-n4c5cc6c(cc5c5c7ccccc7ccc54)Oc4ccccc4C64c5ccccc5-c5ccccc54)c3)nc(-c3ccccc3)n2)cc1. The van der Waals surface area contributed by atoms with Crippen molar-refractivity contribution in [3.8, 4) is 62.2 Å². The summed E-state index contributed by atoms with van der Waals surface area (Å²) in [6.07, 6.45) is 0. The summed E-state index contributed by atoms with van der Waals surface area (Å²) in [6.45, 7) is 0. The molecule has 0 unspecified atom stereocenters. The van der Waals surface area contributed by atoms with Gasteiger partial charge in [-0.2, -0.15) is 0 Å². The first-order valence-corrected chi connectivity index (χ1v) is 20.8. The Bertz CT molecular complexity index is 3470. The zero-order valence-corrected chi connectivity index (χ0v) is 33.0. The molecule has 61 heavy (non-hydrogen) atoms. The normalized spacial score (nSPS) is 13.2. The van der Waals surface area contributed by atoms with Crippen molar-refractivity contribution >= 4 is 32.6 Å². The van der Waals surface area contributed by atoms with Crippen LogP contribution in [-0.4, -0.2) is 14.5 Å². The molecule has 0 saturated carbocycles. The van der Waals surface area contributed by atoms with Crippen molar-refractivity contribution in [2.24, 2.45) is 0 Å². The van der Waals surface area contributed by atoms with E-state index in [2.05, 4.69) is 193 Å². The minimum atomic E-state index is -0.584. The van der Waals surface area contributed by atoms with Gasteiger partial charge in [0.15, 0.2) is 5.82 Å². The van der Waals surface area contributed by atoms with Gasteiger partial charge in [-0.3, -0.25) is 0 Å². The number of hydrogen-bond acceptors (Lipinski definition) is 3. The van der Waals surface area contributed by atoms with Crippen LogP contribution in [0.3, 0.4) is 0 Å². The fourth-order valence-corrected chi connectivity index (χ4v) is 10.3. The molecular weight excluding hydrogens is 743 g/mol. The van der Waals surface area contributed by atoms with Crippen LogP contribution >= 0.6 is 0 Å². The third-order valence-corrected chi connectivity index (χ3v) is 12.9. The Morgan fingerprint density at radius 2 is 1.02 bits per heavy atom. The highest BCUT2D eigenvalue weighted by atomic mass is 16.5. The van der Waals surface area contributed by atoms with Crippen molar-refractivity contribution in [1.29, 1.82) is 0 Å². The second kappa shape index (κ2) is 13.0. The van der Waals surface area contributed by atoms with Gasteiger partial charge in [-0.05, 0) is 75.5 Å². The lowest BCUT2D eigenvalue weighted by molar-refractivity contribution is 0.437.